The molecule has 0 atom stereocenters. The van der Waals surface area contributed by atoms with Crippen LogP contribution in [0.2, 0.25) is 0 Å². The van der Waals surface area contributed by atoms with E-state index in [2.05, 4.69) is 123 Å². The van der Waals surface area contributed by atoms with Crippen molar-refractivity contribution in [1.82, 2.24) is 0 Å². The molecule has 6 nitrogen and oxygen atoms in total. The number of unbranched alkanes of at least 4 members (excludes halogenated alkanes) is 6. The van der Waals surface area contributed by atoms with Crippen molar-refractivity contribution in [2.75, 3.05) is 0 Å². The summed E-state index contributed by atoms with van der Waals surface area (Å²) >= 11 is 0. The molecule has 0 spiro atoms. The van der Waals surface area contributed by atoms with Gasteiger partial charge in [-0.15, -0.1) is 0 Å². The van der Waals surface area contributed by atoms with Crippen molar-refractivity contribution in [3.05, 3.63) is 71.8 Å². The Balaban J connectivity index is -0.000000586. The van der Waals surface area contributed by atoms with E-state index in [1.165, 1.54) is 30.4 Å². The number of carboxylic acid groups (broad SMARTS) is 3. The molecule has 2 aromatic carbocycles. The molecular formula is C43H69BiO6. The van der Waals surface area contributed by atoms with Crippen LogP contribution in [0, 0.1) is 16.2 Å². The Morgan fingerprint density at radius 3 is 0.860 bits per heavy atom. The Hall–Kier alpha value is -2.27. The summed E-state index contributed by atoms with van der Waals surface area (Å²) in [7, 11) is 0. The van der Waals surface area contributed by atoms with E-state index in [0.29, 0.717) is 16.2 Å². The number of carbonyl (C=O) groups excluding carboxylic acids is 3. The van der Waals surface area contributed by atoms with E-state index in [0.717, 1.165) is 64.2 Å². The first kappa shape index (κ1) is 52.1. The third-order valence-electron chi connectivity index (χ3n) is 7.52. The number of hydrogen-bond donors (Lipinski definition) is 0. The Morgan fingerprint density at radius 2 is 0.660 bits per heavy atom. The maximum absolute atomic E-state index is 10.0. The Labute approximate surface area is 325 Å². The molecule has 282 valence electrons. The topological polar surface area (TPSA) is 120 Å². The van der Waals surface area contributed by atoms with E-state index in [1.807, 2.05) is 0 Å². The van der Waals surface area contributed by atoms with Gasteiger partial charge in [0.05, 0.1) is 0 Å². The molecule has 50 heavy (non-hydrogen) atoms. The van der Waals surface area contributed by atoms with Crippen LogP contribution in [0.1, 0.15) is 170 Å². The van der Waals surface area contributed by atoms with Crippen LogP contribution >= 0.6 is 0 Å². The van der Waals surface area contributed by atoms with Gasteiger partial charge < -0.3 is 29.7 Å². The molecule has 2 aromatic rings. The zero-order valence-electron chi connectivity index (χ0n) is 33.0. The fraction of sp³-hybridized carbons (Fsp3) is 0.651. The minimum atomic E-state index is -0.925. The molecule has 0 amide bonds. The first-order chi connectivity index (χ1) is 22.7. The van der Waals surface area contributed by atoms with Gasteiger partial charge in [-0.25, -0.2) is 0 Å². The maximum Gasteiger partial charge on any atom is 3.00 e. The summed E-state index contributed by atoms with van der Waals surface area (Å²) in [6, 6.07) is 21.1. The van der Waals surface area contributed by atoms with Crippen LogP contribution in [0.15, 0.2) is 60.7 Å². The molecule has 2 radical (unpaired) electrons. The second-order valence-electron chi connectivity index (χ2n) is 16.6. The predicted molar refractivity (Wildman–Crippen MR) is 204 cm³/mol. The van der Waals surface area contributed by atoms with Crippen LogP contribution < -0.4 is 15.3 Å². The fourth-order valence-electron chi connectivity index (χ4n) is 4.73. The number of rotatable bonds is 17. The first-order valence-electron chi connectivity index (χ1n) is 18.4. The van der Waals surface area contributed by atoms with Crippen molar-refractivity contribution in [3.8, 4) is 0 Å². The Kier molecular flexibility index (Phi) is 31.6. The largest absolute Gasteiger partial charge is 3.00 e. The Bertz CT molecular complexity index is 978. The van der Waals surface area contributed by atoms with Gasteiger partial charge in [-0.2, -0.15) is 0 Å². The Morgan fingerprint density at radius 1 is 0.420 bits per heavy atom. The zero-order chi connectivity index (χ0) is 37.8. The van der Waals surface area contributed by atoms with Gasteiger partial charge in [-0.3, -0.25) is 0 Å². The van der Waals surface area contributed by atoms with Crippen molar-refractivity contribution >= 4 is 44.1 Å². The molecule has 2 rings (SSSR count). The summed E-state index contributed by atoms with van der Waals surface area (Å²) in [4.78, 5) is 30.1. The van der Waals surface area contributed by atoms with Crippen LogP contribution in [0.4, 0.5) is 0 Å². The second kappa shape index (κ2) is 30.4. The summed E-state index contributed by atoms with van der Waals surface area (Å²) in [5.41, 5.74) is 3.87. The summed E-state index contributed by atoms with van der Waals surface area (Å²) < 4.78 is 0. The molecule has 0 heterocycles. The van der Waals surface area contributed by atoms with Gasteiger partial charge in [-0.1, -0.05) is 162 Å². The van der Waals surface area contributed by atoms with Gasteiger partial charge in [-0.05, 0) is 91.6 Å². The third kappa shape index (κ3) is 45.7. The quantitative estimate of drug-likeness (QED) is 0.117. The van der Waals surface area contributed by atoms with E-state index in [9.17, 15) is 29.7 Å². The van der Waals surface area contributed by atoms with E-state index in [-0.39, 0.29) is 45.5 Å². The van der Waals surface area contributed by atoms with E-state index >= 15 is 0 Å². The monoisotopic (exact) mass is 890 g/mol. The molecule has 0 saturated carbocycles. The van der Waals surface area contributed by atoms with Gasteiger partial charge in [0.2, 0.25) is 0 Å². The standard InChI is InChI=1S/C13H12.3C10H20O2.Bi/c1-3-7-12(8-4-1)11-13-9-5-2-6-10-13;3*1-10(2,3)8-6-4-5-7-9(11)12;/h1-10H,11H2;3*4-8H2,1-3H3,(H,11,12);/q;;;;+3/p-3. The number of carboxylic acids is 3. The van der Waals surface area contributed by atoms with Crippen molar-refractivity contribution in [3.63, 3.8) is 0 Å². The molecule has 7 heteroatoms. The van der Waals surface area contributed by atoms with Crippen molar-refractivity contribution in [2.45, 2.75) is 165 Å². The molecule has 0 unspecified atom stereocenters. The van der Waals surface area contributed by atoms with Crippen molar-refractivity contribution in [2.24, 2.45) is 16.2 Å². The molecule has 0 N–H and O–H groups in total. The second-order valence-corrected chi connectivity index (χ2v) is 16.6. The number of aliphatic carboxylic acids is 3. The summed E-state index contributed by atoms with van der Waals surface area (Å²) in [6.07, 6.45) is 13.8. The SMILES string of the molecule is CC(C)(C)CCCCCC(=O)[O-].CC(C)(C)CCCCCC(=O)[O-].CC(C)(C)CCCCCC(=O)[O-].[Bi+3].c1ccc(Cc2ccccc2)cc1. The van der Waals surface area contributed by atoms with Crippen LogP contribution in [0.3, 0.4) is 0 Å². The molecule has 0 aromatic heterocycles. The van der Waals surface area contributed by atoms with E-state index in [1.54, 1.807) is 0 Å². The van der Waals surface area contributed by atoms with E-state index in [4.69, 9.17) is 0 Å². The normalized spacial score (nSPS) is 10.9. The molecule has 0 saturated heterocycles. The minimum absolute atomic E-state index is 0. The smallest absolute Gasteiger partial charge is 0.550 e. The van der Waals surface area contributed by atoms with Crippen molar-refractivity contribution in [1.29, 1.82) is 0 Å². The average molecular weight is 891 g/mol. The molecule has 0 aliphatic rings. The van der Waals surface area contributed by atoms with Crippen LogP contribution in [-0.2, 0) is 20.8 Å². The van der Waals surface area contributed by atoms with Gasteiger partial charge in [0.25, 0.3) is 0 Å². The van der Waals surface area contributed by atoms with Crippen LogP contribution in [0.25, 0.3) is 0 Å². The summed E-state index contributed by atoms with van der Waals surface area (Å²) in [5, 5.41) is 30.1. The zero-order valence-corrected chi connectivity index (χ0v) is 36.5. The number of carbonyl (C=O) groups is 3. The summed E-state index contributed by atoms with van der Waals surface area (Å²) in [5.74, 6) is -2.78. The van der Waals surface area contributed by atoms with Crippen molar-refractivity contribution < 1.29 is 29.7 Å². The predicted octanol–water partition coefficient (Wildman–Crippen LogP) is 8.10. The molecule has 0 bridgehead atoms. The molecular weight excluding hydrogens is 821 g/mol. The fourth-order valence-corrected chi connectivity index (χ4v) is 4.73. The average Bonchev–Trinajstić information content (AvgIpc) is 2.96. The summed E-state index contributed by atoms with van der Waals surface area (Å²) in [6.45, 7) is 19.8. The molecule has 0 aliphatic heterocycles. The first-order valence-corrected chi connectivity index (χ1v) is 18.4. The van der Waals surface area contributed by atoms with Gasteiger partial charge in [0.1, 0.15) is 0 Å². The molecule has 0 fully saturated rings. The van der Waals surface area contributed by atoms with Crippen LogP contribution in [0.5, 0.6) is 0 Å². The van der Waals surface area contributed by atoms with Gasteiger partial charge in [0, 0.05) is 17.9 Å². The third-order valence-corrected chi connectivity index (χ3v) is 7.52. The minimum Gasteiger partial charge on any atom is -0.550 e. The maximum atomic E-state index is 10.0. The van der Waals surface area contributed by atoms with Gasteiger partial charge >= 0.3 is 26.2 Å². The van der Waals surface area contributed by atoms with E-state index < -0.39 is 17.9 Å². The number of benzene rings is 2. The molecule has 0 aliphatic carbocycles. The van der Waals surface area contributed by atoms with Gasteiger partial charge in [0.15, 0.2) is 0 Å². The van der Waals surface area contributed by atoms with Crippen LogP contribution in [-0.4, -0.2) is 44.1 Å². The number of hydrogen-bond acceptors (Lipinski definition) is 6.